The van der Waals surface area contributed by atoms with E-state index in [9.17, 15) is 9.18 Å². The number of ether oxygens (including phenoxy) is 1. The molecule has 0 aliphatic heterocycles. The number of nitrogens with zero attached hydrogens (tertiary/aromatic N) is 1. The lowest BCUT2D eigenvalue weighted by Gasteiger charge is -2.05. The van der Waals surface area contributed by atoms with Gasteiger partial charge in [-0.3, -0.25) is 4.79 Å². The summed E-state index contributed by atoms with van der Waals surface area (Å²) in [6.07, 6.45) is 0. The minimum Gasteiger partial charge on any atom is -0.494 e. The molecule has 1 heterocycles. The topological polar surface area (TPSA) is 39.2 Å². The predicted molar refractivity (Wildman–Crippen MR) is 78.1 cm³/mol. The van der Waals surface area contributed by atoms with E-state index in [1.807, 2.05) is 30.3 Å². The van der Waals surface area contributed by atoms with E-state index in [-0.39, 0.29) is 17.1 Å². The van der Waals surface area contributed by atoms with E-state index >= 15 is 0 Å². The zero-order chi connectivity index (χ0) is 14.8. The number of fused-ring (bicyclic) bond motifs is 1. The molecular formula is C17H12FNO2. The van der Waals surface area contributed by atoms with Gasteiger partial charge in [0.15, 0.2) is 11.6 Å². The van der Waals surface area contributed by atoms with E-state index in [0.717, 1.165) is 17.0 Å². The summed E-state index contributed by atoms with van der Waals surface area (Å²) in [5, 5.41) is 0.954. The predicted octanol–water partition coefficient (Wildman–Crippen LogP) is 3.61. The maximum Gasteiger partial charge on any atom is 0.211 e. The fraction of sp³-hybridized carbons (Fsp3) is 0.0588. The Hall–Kier alpha value is -2.75. The highest BCUT2D eigenvalue weighted by Gasteiger charge is 2.14. The Morgan fingerprint density at radius 3 is 2.67 bits per heavy atom. The lowest BCUT2D eigenvalue weighted by atomic mass is 10.1. The Balaban J connectivity index is 2.01. The molecule has 0 saturated heterocycles. The second-order valence-corrected chi connectivity index (χ2v) is 4.57. The van der Waals surface area contributed by atoms with Crippen LogP contribution in [-0.4, -0.2) is 17.9 Å². The van der Waals surface area contributed by atoms with Crippen molar-refractivity contribution in [2.24, 2.45) is 0 Å². The summed E-state index contributed by atoms with van der Waals surface area (Å²) in [5.74, 6) is -0.774. The van der Waals surface area contributed by atoms with Gasteiger partial charge in [0.1, 0.15) is 5.69 Å². The zero-order valence-corrected chi connectivity index (χ0v) is 11.3. The highest BCUT2D eigenvalue weighted by Crippen LogP contribution is 2.20. The number of halogens is 1. The average Bonchev–Trinajstić information content (AvgIpc) is 2.53. The van der Waals surface area contributed by atoms with E-state index in [1.165, 1.54) is 19.2 Å². The van der Waals surface area contributed by atoms with Crippen LogP contribution in [0.4, 0.5) is 4.39 Å². The molecule has 2 aromatic carbocycles. The number of ketones is 1. The van der Waals surface area contributed by atoms with Crippen molar-refractivity contribution in [1.29, 1.82) is 0 Å². The number of pyridine rings is 1. The summed E-state index contributed by atoms with van der Waals surface area (Å²) >= 11 is 0. The molecule has 1 aromatic heterocycles. The molecule has 21 heavy (non-hydrogen) atoms. The number of methoxy groups -OCH3 is 1. The third-order valence-corrected chi connectivity index (χ3v) is 3.25. The second-order valence-electron chi connectivity index (χ2n) is 4.57. The SMILES string of the molecule is COc1ccc(C(=O)c2ccc3ccccc3n2)cc1F. The van der Waals surface area contributed by atoms with E-state index in [2.05, 4.69) is 4.98 Å². The van der Waals surface area contributed by atoms with Crippen LogP contribution in [0, 0.1) is 5.82 Å². The Morgan fingerprint density at radius 1 is 1.10 bits per heavy atom. The molecular weight excluding hydrogens is 269 g/mol. The molecule has 0 aliphatic rings. The Labute approximate surface area is 121 Å². The van der Waals surface area contributed by atoms with Gasteiger partial charge in [-0.25, -0.2) is 9.37 Å². The van der Waals surface area contributed by atoms with Crippen molar-refractivity contribution in [1.82, 2.24) is 4.98 Å². The van der Waals surface area contributed by atoms with Gasteiger partial charge in [0, 0.05) is 10.9 Å². The van der Waals surface area contributed by atoms with Gasteiger partial charge < -0.3 is 4.74 Å². The van der Waals surface area contributed by atoms with Gasteiger partial charge in [0.2, 0.25) is 5.78 Å². The molecule has 0 fully saturated rings. The molecule has 3 rings (SSSR count). The summed E-state index contributed by atoms with van der Waals surface area (Å²) < 4.78 is 18.5. The molecule has 0 amide bonds. The smallest absolute Gasteiger partial charge is 0.211 e. The highest BCUT2D eigenvalue weighted by atomic mass is 19.1. The summed E-state index contributed by atoms with van der Waals surface area (Å²) in [5.41, 5.74) is 1.27. The fourth-order valence-corrected chi connectivity index (χ4v) is 2.15. The summed E-state index contributed by atoms with van der Waals surface area (Å²) in [7, 11) is 1.38. The quantitative estimate of drug-likeness (QED) is 0.688. The maximum atomic E-state index is 13.7. The number of aromatic nitrogens is 1. The minimum atomic E-state index is -0.566. The Bertz CT molecular complexity index is 830. The summed E-state index contributed by atoms with van der Waals surface area (Å²) in [6, 6.07) is 15.1. The first kappa shape index (κ1) is 13.2. The highest BCUT2D eigenvalue weighted by molar-refractivity contribution is 6.08. The molecule has 0 saturated carbocycles. The number of carbonyl (C=O) groups excluding carboxylic acids is 1. The third-order valence-electron chi connectivity index (χ3n) is 3.25. The Morgan fingerprint density at radius 2 is 1.90 bits per heavy atom. The van der Waals surface area contributed by atoms with Gasteiger partial charge in [0.25, 0.3) is 0 Å². The molecule has 3 aromatic rings. The first-order valence-electron chi connectivity index (χ1n) is 6.43. The normalized spacial score (nSPS) is 10.6. The van der Waals surface area contributed by atoms with Gasteiger partial charge in [0.05, 0.1) is 12.6 Å². The van der Waals surface area contributed by atoms with Crippen molar-refractivity contribution >= 4 is 16.7 Å². The lowest BCUT2D eigenvalue weighted by Crippen LogP contribution is -2.05. The maximum absolute atomic E-state index is 13.7. The molecule has 0 spiro atoms. The monoisotopic (exact) mass is 281 g/mol. The summed E-state index contributed by atoms with van der Waals surface area (Å²) in [6.45, 7) is 0. The molecule has 0 atom stereocenters. The number of para-hydroxylation sites is 1. The first-order valence-corrected chi connectivity index (χ1v) is 6.43. The van der Waals surface area contributed by atoms with Crippen molar-refractivity contribution in [2.45, 2.75) is 0 Å². The van der Waals surface area contributed by atoms with E-state index in [4.69, 9.17) is 4.74 Å². The van der Waals surface area contributed by atoms with Crippen molar-refractivity contribution in [3.05, 3.63) is 71.7 Å². The van der Waals surface area contributed by atoms with E-state index < -0.39 is 5.82 Å². The van der Waals surface area contributed by atoms with Gasteiger partial charge in [-0.05, 0) is 30.3 Å². The fourth-order valence-electron chi connectivity index (χ4n) is 2.15. The largest absolute Gasteiger partial charge is 0.494 e. The molecule has 0 aliphatic carbocycles. The number of benzene rings is 2. The molecule has 104 valence electrons. The van der Waals surface area contributed by atoms with Gasteiger partial charge in [-0.15, -0.1) is 0 Å². The van der Waals surface area contributed by atoms with Gasteiger partial charge in [-0.2, -0.15) is 0 Å². The van der Waals surface area contributed by atoms with Crippen molar-refractivity contribution in [3.63, 3.8) is 0 Å². The van der Waals surface area contributed by atoms with Gasteiger partial charge in [-0.1, -0.05) is 24.3 Å². The molecule has 0 bridgehead atoms. The number of hydrogen-bond acceptors (Lipinski definition) is 3. The van der Waals surface area contributed by atoms with Crippen LogP contribution in [0.1, 0.15) is 16.1 Å². The zero-order valence-electron chi connectivity index (χ0n) is 11.3. The molecule has 0 radical (unpaired) electrons. The van der Waals surface area contributed by atoms with Crippen molar-refractivity contribution < 1.29 is 13.9 Å². The number of hydrogen-bond donors (Lipinski definition) is 0. The minimum absolute atomic E-state index is 0.109. The van der Waals surface area contributed by atoms with Crippen LogP contribution in [0.25, 0.3) is 10.9 Å². The van der Waals surface area contributed by atoms with E-state index in [1.54, 1.807) is 6.07 Å². The molecule has 3 nitrogen and oxygen atoms in total. The number of carbonyl (C=O) groups is 1. The van der Waals surface area contributed by atoms with Crippen LogP contribution in [0.5, 0.6) is 5.75 Å². The molecule has 0 N–H and O–H groups in total. The van der Waals surface area contributed by atoms with E-state index in [0.29, 0.717) is 5.69 Å². The third kappa shape index (κ3) is 2.48. The average molecular weight is 281 g/mol. The standard InChI is InChI=1S/C17H12FNO2/c1-21-16-9-7-12(10-13(16)18)17(20)15-8-6-11-4-2-3-5-14(11)19-15/h2-10H,1H3. The molecule has 0 unspecified atom stereocenters. The van der Waals surface area contributed by atoms with Crippen molar-refractivity contribution in [2.75, 3.05) is 7.11 Å². The molecule has 4 heteroatoms. The lowest BCUT2D eigenvalue weighted by molar-refractivity contribution is 0.103. The number of rotatable bonds is 3. The second kappa shape index (κ2) is 5.32. The Kier molecular flexibility index (Phi) is 3.36. The van der Waals surface area contributed by atoms with Crippen LogP contribution >= 0.6 is 0 Å². The van der Waals surface area contributed by atoms with Crippen LogP contribution in [0.15, 0.2) is 54.6 Å². The first-order chi connectivity index (χ1) is 10.2. The van der Waals surface area contributed by atoms with Gasteiger partial charge >= 0.3 is 0 Å². The van der Waals surface area contributed by atoms with Crippen LogP contribution in [0.2, 0.25) is 0 Å². The van der Waals surface area contributed by atoms with Crippen molar-refractivity contribution in [3.8, 4) is 5.75 Å². The summed E-state index contributed by atoms with van der Waals surface area (Å²) in [4.78, 5) is 16.7. The van der Waals surface area contributed by atoms with Crippen LogP contribution in [-0.2, 0) is 0 Å². The van der Waals surface area contributed by atoms with Crippen LogP contribution < -0.4 is 4.74 Å². The van der Waals surface area contributed by atoms with Crippen LogP contribution in [0.3, 0.4) is 0 Å².